The molecule has 158 valence electrons. The maximum Gasteiger partial charge on any atom is 0.276 e. The predicted molar refractivity (Wildman–Crippen MR) is 117 cm³/mol. The molecule has 3 aromatic carbocycles. The van der Waals surface area contributed by atoms with Gasteiger partial charge in [0, 0.05) is 12.1 Å². The van der Waals surface area contributed by atoms with Crippen LogP contribution in [0.3, 0.4) is 0 Å². The third-order valence-electron chi connectivity index (χ3n) is 5.13. The molecule has 1 saturated heterocycles. The number of carbonyl (C=O) groups excluding carboxylic acids is 2. The molecular weight excluding hydrogens is 392 g/mol. The summed E-state index contributed by atoms with van der Waals surface area (Å²) in [6.07, 6.45) is 0. The van der Waals surface area contributed by atoms with Gasteiger partial charge in [-0.05, 0) is 17.2 Å². The van der Waals surface area contributed by atoms with Gasteiger partial charge in [0.15, 0.2) is 6.61 Å². The number of rotatable bonds is 6. The van der Waals surface area contributed by atoms with Gasteiger partial charge >= 0.3 is 0 Å². The molecule has 4 rings (SSSR count). The van der Waals surface area contributed by atoms with E-state index in [1.807, 2.05) is 84.9 Å². The Balaban J connectivity index is 1.31. The summed E-state index contributed by atoms with van der Waals surface area (Å²) in [4.78, 5) is 24.9. The van der Waals surface area contributed by atoms with E-state index in [0.29, 0.717) is 12.3 Å². The zero-order chi connectivity index (χ0) is 21.5. The summed E-state index contributed by atoms with van der Waals surface area (Å²) in [5.74, 6) is -0.471. The van der Waals surface area contributed by atoms with E-state index in [0.717, 1.165) is 16.7 Å². The molecule has 7 heteroatoms. The minimum atomic E-state index is -0.439. The zero-order valence-corrected chi connectivity index (χ0v) is 16.9. The standard InChI is InChI=1S/C24H24N4O3/c29-22(16-31-21-14-8-7-13-19(21)17-9-3-1-4-10-17)26-28-24(30)20-15-25-27-23(20)18-11-5-2-6-12-18/h1-14,20,23,25,27H,15-16H2,(H,26,29)(H,28,30). The zero-order valence-electron chi connectivity index (χ0n) is 16.9. The van der Waals surface area contributed by atoms with Crippen molar-refractivity contribution in [3.63, 3.8) is 0 Å². The van der Waals surface area contributed by atoms with Crippen LogP contribution in [0.5, 0.6) is 5.75 Å². The molecule has 1 fully saturated rings. The van der Waals surface area contributed by atoms with Crippen molar-refractivity contribution in [2.75, 3.05) is 13.2 Å². The van der Waals surface area contributed by atoms with Gasteiger partial charge in [-0.15, -0.1) is 0 Å². The van der Waals surface area contributed by atoms with E-state index in [1.165, 1.54) is 0 Å². The first-order valence-corrected chi connectivity index (χ1v) is 10.1. The lowest BCUT2D eigenvalue weighted by Crippen LogP contribution is -2.47. The summed E-state index contributed by atoms with van der Waals surface area (Å²) in [5.41, 5.74) is 14.0. The molecule has 0 bridgehead atoms. The van der Waals surface area contributed by atoms with Gasteiger partial charge in [0.05, 0.1) is 12.0 Å². The second kappa shape index (κ2) is 9.88. The molecule has 0 aliphatic carbocycles. The SMILES string of the molecule is O=C(COc1ccccc1-c1ccccc1)NNC(=O)C1CNNC1c1ccccc1. The number of ether oxygens (including phenoxy) is 1. The maximum absolute atomic E-state index is 12.6. The Bertz CT molecular complexity index is 1030. The monoisotopic (exact) mass is 416 g/mol. The number of para-hydroxylation sites is 1. The highest BCUT2D eigenvalue weighted by atomic mass is 16.5. The van der Waals surface area contributed by atoms with Crippen molar-refractivity contribution in [1.82, 2.24) is 21.7 Å². The lowest BCUT2D eigenvalue weighted by Gasteiger charge is -2.18. The Kier molecular flexibility index (Phi) is 6.56. The summed E-state index contributed by atoms with van der Waals surface area (Å²) in [6, 6.07) is 26.9. The van der Waals surface area contributed by atoms with Gasteiger partial charge in [-0.25, -0.2) is 5.43 Å². The smallest absolute Gasteiger partial charge is 0.276 e. The summed E-state index contributed by atoms with van der Waals surface area (Å²) >= 11 is 0. The average molecular weight is 416 g/mol. The second-order valence-electron chi connectivity index (χ2n) is 7.21. The molecule has 7 nitrogen and oxygen atoms in total. The van der Waals surface area contributed by atoms with Crippen LogP contribution in [-0.2, 0) is 9.59 Å². The van der Waals surface area contributed by atoms with Crippen LogP contribution < -0.4 is 26.4 Å². The first-order chi connectivity index (χ1) is 15.2. The molecule has 1 aliphatic heterocycles. The van der Waals surface area contributed by atoms with Crippen LogP contribution in [0.25, 0.3) is 11.1 Å². The molecule has 0 spiro atoms. The topological polar surface area (TPSA) is 91.5 Å². The third kappa shape index (κ3) is 5.09. The molecule has 2 atom stereocenters. The van der Waals surface area contributed by atoms with Crippen LogP contribution in [0.4, 0.5) is 0 Å². The molecule has 0 saturated carbocycles. The Morgan fingerprint density at radius 2 is 1.55 bits per heavy atom. The van der Waals surface area contributed by atoms with Crippen LogP contribution in [-0.4, -0.2) is 25.0 Å². The molecule has 2 unspecified atom stereocenters. The summed E-state index contributed by atoms with van der Waals surface area (Å²) in [7, 11) is 0. The van der Waals surface area contributed by atoms with Crippen LogP contribution in [0.15, 0.2) is 84.9 Å². The maximum atomic E-state index is 12.6. The molecule has 0 radical (unpaired) electrons. The summed E-state index contributed by atoms with van der Waals surface area (Å²) in [5, 5.41) is 0. The van der Waals surface area contributed by atoms with Gasteiger partial charge in [0.2, 0.25) is 5.91 Å². The van der Waals surface area contributed by atoms with Crippen LogP contribution >= 0.6 is 0 Å². The van der Waals surface area contributed by atoms with Crippen molar-refractivity contribution in [1.29, 1.82) is 0 Å². The third-order valence-corrected chi connectivity index (χ3v) is 5.13. The van der Waals surface area contributed by atoms with Crippen molar-refractivity contribution < 1.29 is 14.3 Å². The number of hydrogen-bond acceptors (Lipinski definition) is 5. The van der Waals surface area contributed by atoms with Gasteiger partial charge in [-0.1, -0.05) is 78.9 Å². The van der Waals surface area contributed by atoms with Gasteiger partial charge in [0.25, 0.3) is 5.91 Å². The van der Waals surface area contributed by atoms with Crippen LogP contribution in [0.2, 0.25) is 0 Å². The van der Waals surface area contributed by atoms with Gasteiger partial charge in [-0.3, -0.25) is 25.9 Å². The molecule has 3 aromatic rings. The van der Waals surface area contributed by atoms with E-state index in [1.54, 1.807) is 0 Å². The molecular formula is C24H24N4O3. The Hall–Kier alpha value is -3.68. The predicted octanol–water partition coefficient (Wildman–Crippen LogP) is 2.35. The van der Waals surface area contributed by atoms with E-state index in [9.17, 15) is 9.59 Å². The highest BCUT2D eigenvalue weighted by Gasteiger charge is 2.34. The normalized spacial score (nSPS) is 17.7. The summed E-state index contributed by atoms with van der Waals surface area (Å²) in [6.45, 7) is 0.246. The first kappa shape index (κ1) is 20.6. The van der Waals surface area contributed by atoms with E-state index >= 15 is 0 Å². The van der Waals surface area contributed by atoms with Crippen molar-refractivity contribution in [3.05, 3.63) is 90.5 Å². The highest BCUT2D eigenvalue weighted by Crippen LogP contribution is 2.29. The number of hydrazine groups is 2. The minimum absolute atomic E-state index is 0.174. The molecule has 31 heavy (non-hydrogen) atoms. The van der Waals surface area contributed by atoms with Crippen LogP contribution in [0.1, 0.15) is 11.6 Å². The van der Waals surface area contributed by atoms with Crippen molar-refractivity contribution >= 4 is 11.8 Å². The first-order valence-electron chi connectivity index (χ1n) is 10.1. The summed E-state index contributed by atoms with van der Waals surface area (Å²) < 4.78 is 5.71. The Morgan fingerprint density at radius 1 is 0.871 bits per heavy atom. The number of nitrogens with one attached hydrogen (secondary N) is 4. The molecule has 1 heterocycles. The van der Waals surface area contributed by atoms with E-state index in [2.05, 4.69) is 21.7 Å². The average Bonchev–Trinajstić information content (AvgIpc) is 3.33. The lowest BCUT2D eigenvalue weighted by molar-refractivity contribution is -0.132. The Morgan fingerprint density at radius 3 is 2.32 bits per heavy atom. The quantitative estimate of drug-likeness (QED) is 0.463. The lowest BCUT2D eigenvalue weighted by atomic mass is 9.94. The second-order valence-corrected chi connectivity index (χ2v) is 7.21. The number of benzene rings is 3. The highest BCUT2D eigenvalue weighted by molar-refractivity contribution is 5.85. The van der Waals surface area contributed by atoms with Crippen molar-refractivity contribution in [2.45, 2.75) is 6.04 Å². The molecule has 4 N–H and O–H groups in total. The fourth-order valence-corrected chi connectivity index (χ4v) is 3.57. The van der Waals surface area contributed by atoms with Gasteiger partial charge in [0.1, 0.15) is 5.75 Å². The van der Waals surface area contributed by atoms with Crippen molar-refractivity contribution in [2.24, 2.45) is 5.92 Å². The van der Waals surface area contributed by atoms with Gasteiger partial charge in [-0.2, -0.15) is 0 Å². The number of carbonyl (C=O) groups is 2. The van der Waals surface area contributed by atoms with E-state index in [4.69, 9.17) is 4.74 Å². The fourth-order valence-electron chi connectivity index (χ4n) is 3.57. The molecule has 1 aliphatic rings. The number of hydrogen-bond donors (Lipinski definition) is 4. The van der Waals surface area contributed by atoms with Gasteiger partial charge < -0.3 is 4.74 Å². The minimum Gasteiger partial charge on any atom is -0.483 e. The molecule has 0 aromatic heterocycles. The molecule has 2 amide bonds. The number of amides is 2. The van der Waals surface area contributed by atoms with E-state index < -0.39 is 5.91 Å². The fraction of sp³-hybridized carbons (Fsp3) is 0.167. The van der Waals surface area contributed by atoms with E-state index in [-0.39, 0.29) is 24.5 Å². The van der Waals surface area contributed by atoms with Crippen molar-refractivity contribution in [3.8, 4) is 16.9 Å². The largest absolute Gasteiger partial charge is 0.483 e. The van der Waals surface area contributed by atoms with Crippen LogP contribution in [0, 0.1) is 5.92 Å². The Labute approximate surface area is 180 Å².